The Kier molecular flexibility index (Phi) is 4.48. The van der Waals surface area contributed by atoms with Crippen LogP contribution < -0.4 is 11.1 Å². The van der Waals surface area contributed by atoms with Crippen LogP contribution in [0.1, 0.15) is 43.1 Å². The summed E-state index contributed by atoms with van der Waals surface area (Å²) in [5, 5.41) is 2.65. The molecule has 98 valence electrons. The Hall–Kier alpha value is -1.84. The van der Waals surface area contributed by atoms with Crippen molar-refractivity contribution in [2.24, 2.45) is 5.73 Å². The maximum absolute atomic E-state index is 11.7. The van der Waals surface area contributed by atoms with Crippen molar-refractivity contribution in [1.29, 1.82) is 0 Å². The lowest BCUT2D eigenvalue weighted by Gasteiger charge is -2.19. The Morgan fingerprint density at radius 2 is 1.72 bits per heavy atom. The van der Waals surface area contributed by atoms with Crippen LogP contribution in [-0.2, 0) is 10.2 Å². The fraction of sp³-hybridized carbons (Fsp3) is 0.429. The molecule has 0 radical (unpaired) electrons. The summed E-state index contributed by atoms with van der Waals surface area (Å²) in [5.41, 5.74) is 6.83. The molecule has 0 saturated carbocycles. The Morgan fingerprint density at radius 1 is 1.17 bits per heavy atom. The van der Waals surface area contributed by atoms with Crippen molar-refractivity contribution >= 4 is 11.8 Å². The van der Waals surface area contributed by atoms with E-state index in [0.717, 1.165) is 0 Å². The zero-order valence-electron chi connectivity index (χ0n) is 11.1. The van der Waals surface area contributed by atoms with Crippen molar-refractivity contribution in [1.82, 2.24) is 5.32 Å². The van der Waals surface area contributed by atoms with Crippen molar-refractivity contribution in [3.8, 4) is 0 Å². The van der Waals surface area contributed by atoms with Crippen molar-refractivity contribution in [2.45, 2.75) is 32.6 Å². The summed E-state index contributed by atoms with van der Waals surface area (Å²) in [4.78, 5) is 22.3. The van der Waals surface area contributed by atoms with E-state index >= 15 is 0 Å². The molecule has 18 heavy (non-hydrogen) atoms. The van der Waals surface area contributed by atoms with Crippen LogP contribution in [0.5, 0.6) is 0 Å². The van der Waals surface area contributed by atoms with Gasteiger partial charge in [0.25, 0.3) is 5.91 Å². The first-order valence-electron chi connectivity index (χ1n) is 5.98. The normalized spacial score (nSPS) is 11.1. The molecule has 0 aliphatic heterocycles. The van der Waals surface area contributed by atoms with Crippen molar-refractivity contribution < 1.29 is 9.59 Å². The van der Waals surface area contributed by atoms with Crippen molar-refractivity contribution in [3.63, 3.8) is 0 Å². The molecule has 0 fully saturated rings. The third-order valence-electron chi connectivity index (χ3n) is 2.67. The van der Waals surface area contributed by atoms with Crippen molar-refractivity contribution in [3.05, 3.63) is 35.4 Å². The summed E-state index contributed by atoms with van der Waals surface area (Å²) in [6.07, 6.45) is 0.159. The number of amides is 2. The van der Waals surface area contributed by atoms with Gasteiger partial charge >= 0.3 is 0 Å². The summed E-state index contributed by atoms with van der Waals surface area (Å²) in [6.45, 7) is 6.63. The van der Waals surface area contributed by atoms with E-state index in [1.54, 1.807) is 12.1 Å². The second-order valence-corrected chi connectivity index (χ2v) is 5.30. The van der Waals surface area contributed by atoms with Gasteiger partial charge in [-0.2, -0.15) is 0 Å². The first-order valence-corrected chi connectivity index (χ1v) is 5.98. The summed E-state index contributed by atoms with van der Waals surface area (Å²) in [6, 6.07) is 7.48. The summed E-state index contributed by atoms with van der Waals surface area (Å²) in [5.74, 6) is -0.602. The molecular weight excluding hydrogens is 228 g/mol. The molecule has 0 saturated heterocycles. The quantitative estimate of drug-likeness (QED) is 0.849. The first kappa shape index (κ1) is 14.2. The number of hydrogen-bond donors (Lipinski definition) is 2. The number of rotatable bonds is 4. The molecule has 2 amide bonds. The van der Waals surface area contributed by atoms with Crippen LogP contribution in [0.4, 0.5) is 0 Å². The lowest BCUT2D eigenvalue weighted by atomic mass is 9.87. The molecule has 0 unspecified atom stereocenters. The zero-order valence-corrected chi connectivity index (χ0v) is 11.1. The highest BCUT2D eigenvalue weighted by Gasteiger charge is 2.14. The maximum atomic E-state index is 11.7. The topological polar surface area (TPSA) is 72.2 Å². The molecule has 0 spiro atoms. The van der Waals surface area contributed by atoms with Crippen LogP contribution in [0.2, 0.25) is 0 Å². The molecule has 0 bridgehead atoms. The largest absolute Gasteiger partial charge is 0.370 e. The second-order valence-electron chi connectivity index (χ2n) is 5.30. The fourth-order valence-electron chi connectivity index (χ4n) is 1.52. The minimum Gasteiger partial charge on any atom is -0.370 e. The molecular formula is C14H20N2O2. The number of nitrogens with one attached hydrogen (secondary N) is 1. The van der Waals surface area contributed by atoms with Gasteiger partial charge < -0.3 is 11.1 Å². The number of carbonyl (C=O) groups excluding carboxylic acids is 2. The minimum atomic E-state index is -0.418. The van der Waals surface area contributed by atoms with Gasteiger partial charge in [0.05, 0.1) is 0 Å². The second kappa shape index (κ2) is 5.67. The van der Waals surface area contributed by atoms with Crippen LogP contribution in [0, 0.1) is 0 Å². The van der Waals surface area contributed by atoms with Gasteiger partial charge in [0.15, 0.2) is 0 Å². The predicted molar refractivity (Wildman–Crippen MR) is 71.3 cm³/mol. The van der Waals surface area contributed by atoms with E-state index in [4.69, 9.17) is 5.73 Å². The van der Waals surface area contributed by atoms with Gasteiger partial charge in [-0.05, 0) is 23.1 Å². The van der Waals surface area contributed by atoms with Gasteiger partial charge in [-0.1, -0.05) is 32.9 Å². The van der Waals surface area contributed by atoms with Crippen LogP contribution >= 0.6 is 0 Å². The van der Waals surface area contributed by atoms with Crippen LogP contribution in [0.25, 0.3) is 0 Å². The monoisotopic (exact) mass is 248 g/mol. The van der Waals surface area contributed by atoms with E-state index in [2.05, 4.69) is 26.1 Å². The molecule has 3 N–H and O–H groups in total. The molecule has 0 heterocycles. The van der Waals surface area contributed by atoms with E-state index in [-0.39, 0.29) is 24.3 Å². The first-order chi connectivity index (χ1) is 8.30. The van der Waals surface area contributed by atoms with Crippen LogP contribution in [-0.4, -0.2) is 18.4 Å². The number of benzene rings is 1. The standard InChI is InChI=1S/C14H20N2O2/c1-14(2,3)11-6-4-10(5-7-11)13(18)16-9-8-12(15)17/h4-7H,8-9H2,1-3H3,(H2,15,17)(H,16,18). The SMILES string of the molecule is CC(C)(C)c1ccc(C(=O)NCCC(N)=O)cc1. The molecule has 0 aromatic heterocycles. The van der Waals surface area contributed by atoms with E-state index in [0.29, 0.717) is 5.56 Å². The molecule has 4 heteroatoms. The van der Waals surface area contributed by atoms with E-state index in [1.165, 1.54) is 5.56 Å². The molecule has 4 nitrogen and oxygen atoms in total. The average Bonchev–Trinajstić information content (AvgIpc) is 2.27. The summed E-state index contributed by atoms with van der Waals surface area (Å²) >= 11 is 0. The lowest BCUT2D eigenvalue weighted by Crippen LogP contribution is -2.27. The van der Waals surface area contributed by atoms with Crippen LogP contribution in [0.15, 0.2) is 24.3 Å². The van der Waals surface area contributed by atoms with Gasteiger partial charge in [0.2, 0.25) is 5.91 Å². The van der Waals surface area contributed by atoms with E-state index in [9.17, 15) is 9.59 Å². The zero-order chi connectivity index (χ0) is 13.8. The Morgan fingerprint density at radius 3 is 2.17 bits per heavy atom. The molecule has 0 aliphatic carbocycles. The molecule has 1 aromatic carbocycles. The van der Waals surface area contributed by atoms with Gasteiger partial charge in [-0.3, -0.25) is 9.59 Å². The van der Waals surface area contributed by atoms with Gasteiger partial charge in [0, 0.05) is 18.5 Å². The summed E-state index contributed by atoms with van der Waals surface area (Å²) < 4.78 is 0. The van der Waals surface area contributed by atoms with Gasteiger partial charge in [-0.15, -0.1) is 0 Å². The van der Waals surface area contributed by atoms with Crippen molar-refractivity contribution in [2.75, 3.05) is 6.54 Å². The average molecular weight is 248 g/mol. The number of hydrogen-bond acceptors (Lipinski definition) is 2. The molecule has 0 aliphatic rings. The number of primary amides is 1. The maximum Gasteiger partial charge on any atom is 0.251 e. The smallest absolute Gasteiger partial charge is 0.251 e. The van der Waals surface area contributed by atoms with Gasteiger partial charge in [0.1, 0.15) is 0 Å². The highest BCUT2D eigenvalue weighted by Crippen LogP contribution is 2.22. The minimum absolute atomic E-state index is 0.0704. The number of nitrogens with two attached hydrogens (primary N) is 1. The third-order valence-corrected chi connectivity index (χ3v) is 2.67. The van der Waals surface area contributed by atoms with E-state index in [1.807, 2.05) is 12.1 Å². The molecule has 1 rings (SSSR count). The highest BCUT2D eigenvalue weighted by atomic mass is 16.2. The van der Waals surface area contributed by atoms with Gasteiger partial charge in [-0.25, -0.2) is 0 Å². The lowest BCUT2D eigenvalue weighted by molar-refractivity contribution is -0.117. The predicted octanol–water partition coefficient (Wildman–Crippen LogP) is 1.59. The third kappa shape index (κ3) is 4.20. The molecule has 1 aromatic rings. The summed E-state index contributed by atoms with van der Waals surface area (Å²) in [7, 11) is 0. The Balaban J connectivity index is 2.62. The van der Waals surface area contributed by atoms with E-state index < -0.39 is 5.91 Å². The molecule has 0 atom stereocenters. The fourth-order valence-corrected chi connectivity index (χ4v) is 1.52. The van der Waals surface area contributed by atoms with Crippen LogP contribution in [0.3, 0.4) is 0 Å². The Labute approximate surface area is 108 Å². The highest BCUT2D eigenvalue weighted by molar-refractivity contribution is 5.94. The Bertz CT molecular complexity index is 430. The number of carbonyl (C=O) groups is 2.